The Morgan fingerprint density at radius 3 is 3.05 bits per heavy atom. The van der Waals surface area contributed by atoms with E-state index in [0.29, 0.717) is 12.6 Å². The Morgan fingerprint density at radius 1 is 1.33 bits per heavy atom. The van der Waals surface area contributed by atoms with Gasteiger partial charge in [-0.15, -0.1) is 0 Å². The van der Waals surface area contributed by atoms with Crippen LogP contribution >= 0.6 is 0 Å². The summed E-state index contributed by atoms with van der Waals surface area (Å²) in [4.78, 5) is 2.60. The topological polar surface area (TPSA) is 38.5 Å². The van der Waals surface area contributed by atoms with Crippen molar-refractivity contribution in [2.75, 3.05) is 26.2 Å². The highest BCUT2D eigenvalue weighted by Crippen LogP contribution is 2.31. The quantitative estimate of drug-likeness (QED) is 0.925. The van der Waals surface area contributed by atoms with Gasteiger partial charge in [-0.05, 0) is 55.5 Å². The Hall–Kier alpha value is -1.06. The Morgan fingerprint density at radius 2 is 2.24 bits per heavy atom. The van der Waals surface area contributed by atoms with Crippen LogP contribution in [-0.2, 0) is 6.42 Å². The third-order valence-electron chi connectivity index (χ3n) is 5.22. The van der Waals surface area contributed by atoms with Gasteiger partial charge in [-0.2, -0.15) is 0 Å². The van der Waals surface area contributed by atoms with Crippen molar-refractivity contribution in [3.63, 3.8) is 0 Å². The van der Waals surface area contributed by atoms with Crippen LogP contribution in [0, 0.1) is 5.92 Å². The number of benzene rings is 1. The van der Waals surface area contributed by atoms with E-state index in [1.807, 2.05) is 0 Å². The third kappa shape index (κ3) is 3.24. The van der Waals surface area contributed by atoms with E-state index in [9.17, 15) is 0 Å². The first kappa shape index (κ1) is 14.9. The molecule has 2 atom stereocenters. The van der Waals surface area contributed by atoms with Crippen LogP contribution in [0.25, 0.3) is 0 Å². The minimum absolute atomic E-state index is 0.367. The van der Waals surface area contributed by atoms with Crippen molar-refractivity contribution in [1.82, 2.24) is 4.90 Å². The smallest absolute Gasteiger partial charge is 0.122 e. The van der Waals surface area contributed by atoms with Gasteiger partial charge in [-0.3, -0.25) is 4.90 Å². The lowest BCUT2D eigenvalue weighted by Gasteiger charge is -2.30. The first-order valence-electron chi connectivity index (χ1n) is 8.51. The lowest BCUT2D eigenvalue weighted by Crippen LogP contribution is -2.34. The lowest BCUT2D eigenvalue weighted by molar-refractivity contribution is 0.206. The van der Waals surface area contributed by atoms with Gasteiger partial charge in [0.15, 0.2) is 0 Å². The second-order valence-electron chi connectivity index (χ2n) is 6.46. The van der Waals surface area contributed by atoms with Gasteiger partial charge < -0.3 is 10.5 Å². The van der Waals surface area contributed by atoms with E-state index in [1.165, 1.54) is 49.9 Å². The summed E-state index contributed by atoms with van der Waals surface area (Å²) in [7, 11) is 0. The van der Waals surface area contributed by atoms with Crippen molar-refractivity contribution in [2.24, 2.45) is 11.7 Å². The molecule has 1 fully saturated rings. The molecular weight excluding hydrogens is 260 g/mol. The van der Waals surface area contributed by atoms with Crippen molar-refractivity contribution in [2.45, 2.75) is 45.1 Å². The molecule has 0 saturated carbocycles. The molecule has 0 bridgehead atoms. The van der Waals surface area contributed by atoms with E-state index in [4.69, 9.17) is 10.5 Å². The lowest BCUT2D eigenvalue weighted by atomic mass is 9.98. The monoisotopic (exact) mass is 288 g/mol. The Balaban J connectivity index is 1.75. The summed E-state index contributed by atoms with van der Waals surface area (Å²) in [6.45, 7) is 6.23. The van der Waals surface area contributed by atoms with E-state index < -0.39 is 0 Å². The summed E-state index contributed by atoms with van der Waals surface area (Å²) in [6, 6.07) is 7.03. The number of hydrogen-bond donors (Lipinski definition) is 1. The molecule has 0 spiro atoms. The van der Waals surface area contributed by atoms with Crippen LogP contribution in [0.15, 0.2) is 18.2 Å². The largest absolute Gasteiger partial charge is 0.493 e. The Labute approximate surface area is 128 Å². The van der Waals surface area contributed by atoms with Crippen molar-refractivity contribution in [1.29, 1.82) is 0 Å². The fraction of sp³-hybridized carbons (Fsp3) is 0.667. The number of nitrogens with two attached hydrogens (primary N) is 1. The second kappa shape index (κ2) is 6.80. The maximum Gasteiger partial charge on any atom is 0.122 e. The summed E-state index contributed by atoms with van der Waals surface area (Å²) in [5, 5.41) is 0. The molecule has 2 N–H and O–H groups in total. The van der Waals surface area contributed by atoms with Crippen molar-refractivity contribution < 1.29 is 4.74 Å². The van der Waals surface area contributed by atoms with Crippen molar-refractivity contribution in [3.8, 4) is 5.75 Å². The van der Waals surface area contributed by atoms with E-state index in [1.54, 1.807) is 0 Å². The van der Waals surface area contributed by atoms with E-state index in [2.05, 4.69) is 30.0 Å². The molecule has 1 aromatic rings. The molecule has 2 aliphatic heterocycles. The molecular formula is C18H28N2O. The fourth-order valence-corrected chi connectivity index (χ4v) is 3.82. The zero-order valence-electron chi connectivity index (χ0n) is 13.2. The summed E-state index contributed by atoms with van der Waals surface area (Å²) < 4.78 is 5.62. The van der Waals surface area contributed by atoms with Crippen LogP contribution in [-0.4, -0.2) is 31.1 Å². The van der Waals surface area contributed by atoms with Gasteiger partial charge in [-0.1, -0.05) is 25.5 Å². The predicted octanol–water partition coefficient (Wildman–Crippen LogP) is 3.13. The number of fused-ring (bicyclic) bond motifs is 1. The molecule has 2 aliphatic rings. The zero-order chi connectivity index (χ0) is 14.7. The second-order valence-corrected chi connectivity index (χ2v) is 6.46. The number of nitrogens with zero attached hydrogens (tertiary/aromatic N) is 1. The van der Waals surface area contributed by atoms with Crippen LogP contribution in [0.1, 0.15) is 49.8 Å². The van der Waals surface area contributed by atoms with Crippen LogP contribution in [0.4, 0.5) is 0 Å². The van der Waals surface area contributed by atoms with Gasteiger partial charge in [-0.25, -0.2) is 0 Å². The molecule has 0 aromatic heterocycles. The molecule has 3 nitrogen and oxygen atoms in total. The van der Waals surface area contributed by atoms with Crippen LogP contribution in [0.5, 0.6) is 5.75 Å². The van der Waals surface area contributed by atoms with Gasteiger partial charge in [0, 0.05) is 19.0 Å². The van der Waals surface area contributed by atoms with Gasteiger partial charge in [0.2, 0.25) is 0 Å². The van der Waals surface area contributed by atoms with E-state index >= 15 is 0 Å². The highest BCUT2D eigenvalue weighted by molar-refractivity contribution is 5.41. The van der Waals surface area contributed by atoms with Crippen molar-refractivity contribution in [3.05, 3.63) is 29.3 Å². The van der Waals surface area contributed by atoms with Gasteiger partial charge in [0.05, 0.1) is 6.61 Å². The standard InChI is InChI=1S/C18H28N2O/c1-2-14-4-3-9-20(10-7-14)17(13-19)15-5-6-18-16(12-15)8-11-21-18/h5-6,12,14,17H,2-4,7-11,13,19H2,1H3. The summed E-state index contributed by atoms with van der Waals surface area (Å²) in [6.07, 6.45) is 6.36. The number of ether oxygens (including phenoxy) is 1. The Bertz CT molecular complexity index is 474. The molecule has 0 amide bonds. The molecule has 3 rings (SSSR count). The first-order chi connectivity index (χ1) is 10.3. The highest BCUT2D eigenvalue weighted by Gasteiger charge is 2.24. The van der Waals surface area contributed by atoms with Gasteiger partial charge in [0.1, 0.15) is 5.75 Å². The number of hydrogen-bond acceptors (Lipinski definition) is 3. The maximum absolute atomic E-state index is 6.13. The summed E-state index contributed by atoms with van der Waals surface area (Å²) in [5.74, 6) is 1.97. The highest BCUT2D eigenvalue weighted by atomic mass is 16.5. The fourth-order valence-electron chi connectivity index (χ4n) is 3.82. The van der Waals surface area contributed by atoms with E-state index in [0.717, 1.165) is 24.7 Å². The summed E-state index contributed by atoms with van der Waals surface area (Å²) in [5.41, 5.74) is 8.85. The minimum Gasteiger partial charge on any atom is -0.493 e. The summed E-state index contributed by atoms with van der Waals surface area (Å²) >= 11 is 0. The molecule has 2 heterocycles. The molecule has 0 radical (unpaired) electrons. The molecule has 2 unspecified atom stereocenters. The van der Waals surface area contributed by atoms with Gasteiger partial charge >= 0.3 is 0 Å². The van der Waals surface area contributed by atoms with Crippen LogP contribution in [0.2, 0.25) is 0 Å². The normalized spacial score (nSPS) is 24.2. The first-order valence-corrected chi connectivity index (χ1v) is 8.51. The number of rotatable bonds is 4. The maximum atomic E-state index is 6.13. The predicted molar refractivity (Wildman–Crippen MR) is 86.6 cm³/mol. The van der Waals surface area contributed by atoms with E-state index in [-0.39, 0.29) is 0 Å². The molecule has 1 saturated heterocycles. The minimum atomic E-state index is 0.367. The number of likely N-dealkylation sites (tertiary alicyclic amines) is 1. The third-order valence-corrected chi connectivity index (χ3v) is 5.22. The van der Waals surface area contributed by atoms with Gasteiger partial charge in [0.25, 0.3) is 0 Å². The van der Waals surface area contributed by atoms with Crippen LogP contribution in [0.3, 0.4) is 0 Å². The molecule has 3 heteroatoms. The zero-order valence-corrected chi connectivity index (χ0v) is 13.2. The average Bonchev–Trinajstić information content (AvgIpc) is 2.85. The average molecular weight is 288 g/mol. The molecule has 21 heavy (non-hydrogen) atoms. The molecule has 116 valence electrons. The SMILES string of the molecule is CCC1CCCN(C(CN)c2ccc3c(c2)CCO3)CC1. The van der Waals surface area contributed by atoms with Crippen LogP contribution < -0.4 is 10.5 Å². The van der Waals surface area contributed by atoms with Crippen molar-refractivity contribution >= 4 is 0 Å². The Kier molecular flexibility index (Phi) is 4.81. The molecule has 1 aromatic carbocycles. The molecule has 0 aliphatic carbocycles.